The summed E-state index contributed by atoms with van der Waals surface area (Å²) in [5.74, 6) is 3.94. The first kappa shape index (κ1) is 53.3. The summed E-state index contributed by atoms with van der Waals surface area (Å²) in [6, 6.07) is 113. The van der Waals surface area contributed by atoms with Gasteiger partial charge in [0.1, 0.15) is 0 Å². The number of para-hydroxylation sites is 4. The van der Waals surface area contributed by atoms with Crippen molar-refractivity contribution in [2.45, 2.75) is 11.8 Å². The third-order valence-electron chi connectivity index (χ3n) is 19.2. The van der Waals surface area contributed by atoms with E-state index >= 15 is 0 Å². The zero-order chi connectivity index (χ0) is 61.8. The molecule has 13 aromatic carbocycles. The van der Waals surface area contributed by atoms with Gasteiger partial charge in [0.2, 0.25) is 0 Å². The number of hydrogen-bond acceptors (Lipinski definition) is 6. The quantitative estimate of drug-likeness (QED) is 0.136. The van der Waals surface area contributed by atoms with Crippen molar-refractivity contribution in [3.8, 4) is 102 Å². The van der Waals surface area contributed by atoms with Crippen LogP contribution in [0.25, 0.3) is 146 Å². The molecule has 438 valence electrons. The molecule has 2 unspecified atom stereocenters. The van der Waals surface area contributed by atoms with Gasteiger partial charge >= 0.3 is 0 Å². The molecule has 4 aromatic heterocycles. The zero-order valence-electron chi connectivity index (χ0n) is 50.8. The van der Waals surface area contributed by atoms with Crippen LogP contribution in [0, 0.1) is 0 Å². The molecule has 0 saturated heterocycles. The van der Waals surface area contributed by atoms with Crippen molar-refractivity contribution in [2.24, 2.45) is 0 Å². The van der Waals surface area contributed by atoms with Gasteiger partial charge in [0.05, 0.1) is 22.1 Å². The minimum Gasteiger partial charge on any atom is -0.309 e. The molecule has 20 rings (SSSR count). The van der Waals surface area contributed by atoms with Crippen LogP contribution in [0.1, 0.15) is 45.2 Å². The van der Waals surface area contributed by atoms with Gasteiger partial charge in [-0.1, -0.05) is 231 Å². The Morgan fingerprint density at radius 3 is 0.851 bits per heavy atom. The summed E-state index contributed by atoms with van der Waals surface area (Å²) >= 11 is 0. The van der Waals surface area contributed by atoms with E-state index in [9.17, 15) is 0 Å². The summed E-state index contributed by atoms with van der Waals surface area (Å²) in [6.45, 7) is 0. The molecule has 8 nitrogen and oxygen atoms in total. The second-order valence-electron chi connectivity index (χ2n) is 24.5. The Bertz CT molecular complexity index is 5480. The summed E-state index contributed by atoms with van der Waals surface area (Å²) < 4.78 is 4.66. The smallest absolute Gasteiger partial charge is 0.164 e. The maximum atomic E-state index is 5.23. The van der Waals surface area contributed by atoms with Gasteiger partial charge in [0.15, 0.2) is 34.9 Å². The molecule has 2 atom stereocenters. The molecule has 0 spiro atoms. The highest BCUT2D eigenvalue weighted by molar-refractivity contribution is 6.11. The standard InChI is InChI=1S/C86H54N8/c1-5-19-55(20-6-1)81-87-83(91-85(89-81)61-43-47-77-71(51-61)65-27-15-17-31-75(65)93(77)63-23-9-3-10-24-63)57-37-33-53(34-38-57)59-41-45-69-73(49-59)79-67-29-13-14-30-68(67)80(69)74-50-60(42-46-70(74)79)54-35-39-58(40-36-54)84-88-82(56-21-7-2-8-22-56)90-86(92-84)62-44-48-78-72(52-62)66-28-16-18-32-76(66)94(78)64-25-11-4-12-26-64/h1-52,79-80H. The lowest BCUT2D eigenvalue weighted by Gasteiger charge is -2.42. The van der Waals surface area contributed by atoms with Gasteiger partial charge in [0.25, 0.3) is 0 Å². The number of fused-ring (bicyclic) bond motifs is 6. The maximum absolute atomic E-state index is 5.23. The van der Waals surface area contributed by atoms with E-state index in [1.54, 1.807) is 0 Å². The first-order valence-corrected chi connectivity index (χ1v) is 32.0. The van der Waals surface area contributed by atoms with Crippen LogP contribution in [0.4, 0.5) is 0 Å². The molecule has 0 aliphatic heterocycles. The molecule has 0 amide bonds. The van der Waals surface area contributed by atoms with Gasteiger partial charge in [-0.3, -0.25) is 0 Å². The van der Waals surface area contributed by atoms with Crippen LogP contribution in [-0.2, 0) is 0 Å². The fourth-order valence-electron chi connectivity index (χ4n) is 14.8. The first-order valence-electron chi connectivity index (χ1n) is 32.0. The third kappa shape index (κ3) is 8.75. The van der Waals surface area contributed by atoms with E-state index in [0.717, 1.165) is 88.7 Å². The largest absolute Gasteiger partial charge is 0.309 e. The van der Waals surface area contributed by atoms with Gasteiger partial charge in [-0.2, -0.15) is 0 Å². The van der Waals surface area contributed by atoms with Gasteiger partial charge in [-0.15, -0.1) is 0 Å². The van der Waals surface area contributed by atoms with E-state index in [-0.39, 0.29) is 11.8 Å². The van der Waals surface area contributed by atoms with E-state index in [1.165, 1.54) is 55.3 Å². The molecule has 0 radical (unpaired) electrons. The average Bonchev–Trinajstić information content (AvgIpc) is 0.893. The van der Waals surface area contributed by atoms with Crippen molar-refractivity contribution >= 4 is 43.6 Å². The fourth-order valence-corrected chi connectivity index (χ4v) is 14.8. The monoisotopic (exact) mass is 1200 g/mol. The predicted octanol–water partition coefficient (Wildman–Crippen LogP) is 20.6. The minimum absolute atomic E-state index is 0.0936. The number of nitrogens with zero attached hydrogens (tertiary/aromatic N) is 8. The van der Waals surface area contributed by atoms with Crippen LogP contribution in [0.5, 0.6) is 0 Å². The molecule has 94 heavy (non-hydrogen) atoms. The molecular formula is C86H54N8. The van der Waals surface area contributed by atoms with Crippen molar-refractivity contribution in [1.29, 1.82) is 0 Å². The van der Waals surface area contributed by atoms with E-state index in [1.807, 2.05) is 36.4 Å². The zero-order valence-corrected chi connectivity index (χ0v) is 50.8. The van der Waals surface area contributed by atoms with E-state index < -0.39 is 0 Å². The highest BCUT2D eigenvalue weighted by Gasteiger charge is 2.41. The summed E-state index contributed by atoms with van der Waals surface area (Å²) in [6.07, 6.45) is 0. The molecule has 8 heteroatoms. The summed E-state index contributed by atoms with van der Waals surface area (Å²) in [4.78, 5) is 31.0. The van der Waals surface area contributed by atoms with E-state index in [4.69, 9.17) is 29.9 Å². The average molecular weight is 1200 g/mol. The van der Waals surface area contributed by atoms with Crippen LogP contribution in [0.15, 0.2) is 315 Å². The topological polar surface area (TPSA) is 87.2 Å². The van der Waals surface area contributed by atoms with E-state index in [0.29, 0.717) is 34.9 Å². The third-order valence-corrected chi connectivity index (χ3v) is 19.2. The lowest BCUT2D eigenvalue weighted by molar-refractivity contribution is 0.755. The number of hydrogen-bond donors (Lipinski definition) is 0. The van der Waals surface area contributed by atoms with Crippen LogP contribution in [0.2, 0.25) is 0 Å². The Labute approximate surface area is 542 Å². The van der Waals surface area contributed by atoms with Crippen LogP contribution < -0.4 is 0 Å². The van der Waals surface area contributed by atoms with Gasteiger partial charge in [-0.25, -0.2) is 29.9 Å². The summed E-state index contributed by atoms with van der Waals surface area (Å²) in [5.41, 5.74) is 25.2. The maximum Gasteiger partial charge on any atom is 0.164 e. The Kier molecular flexibility index (Phi) is 12.2. The van der Waals surface area contributed by atoms with Crippen molar-refractivity contribution < 1.29 is 0 Å². The van der Waals surface area contributed by atoms with Crippen LogP contribution >= 0.6 is 0 Å². The van der Waals surface area contributed by atoms with E-state index in [2.05, 4.69) is 288 Å². The highest BCUT2D eigenvalue weighted by atomic mass is 15.0. The van der Waals surface area contributed by atoms with Crippen molar-refractivity contribution in [3.63, 3.8) is 0 Å². The number of benzene rings is 13. The highest BCUT2D eigenvalue weighted by Crippen LogP contribution is 2.57. The second-order valence-corrected chi connectivity index (χ2v) is 24.5. The molecule has 3 aliphatic rings. The van der Waals surface area contributed by atoms with Crippen molar-refractivity contribution in [3.05, 3.63) is 349 Å². The normalized spacial score (nSPS) is 13.7. The molecule has 2 bridgehead atoms. The SMILES string of the molecule is c1ccc(-c2nc(-c3ccc(-c4ccc5c(c4)C4c6ccccc6C5c5cc(-c6ccc(-c7nc(-c8ccccc8)nc(-c8ccc9c(c8)c8ccccc8n9-c8ccccc8)n7)cc6)ccc54)cc3)nc(-c3ccc4c(c3)c3ccccc3n4-c3ccccc3)n2)cc1. The van der Waals surface area contributed by atoms with Crippen LogP contribution in [-0.4, -0.2) is 39.0 Å². The minimum atomic E-state index is 0.0936. The molecule has 3 aliphatic carbocycles. The summed E-state index contributed by atoms with van der Waals surface area (Å²) in [5, 5.41) is 4.63. The lowest BCUT2D eigenvalue weighted by Crippen LogP contribution is -2.27. The Morgan fingerprint density at radius 2 is 0.457 bits per heavy atom. The second kappa shape index (κ2) is 21.6. The van der Waals surface area contributed by atoms with Gasteiger partial charge in [0, 0.05) is 78.1 Å². The first-order chi connectivity index (χ1) is 46.6. The molecular weight excluding hydrogens is 1150 g/mol. The van der Waals surface area contributed by atoms with Gasteiger partial charge in [-0.05, 0) is 141 Å². The van der Waals surface area contributed by atoms with Crippen molar-refractivity contribution in [1.82, 2.24) is 39.0 Å². The Hall–Kier alpha value is -12.5. The lowest BCUT2D eigenvalue weighted by atomic mass is 9.60. The number of rotatable bonds is 10. The van der Waals surface area contributed by atoms with Crippen molar-refractivity contribution in [2.75, 3.05) is 0 Å². The molecule has 0 N–H and O–H groups in total. The molecule has 0 saturated carbocycles. The fraction of sp³-hybridized carbons (Fsp3) is 0.0233. The Balaban J connectivity index is 0.637. The van der Waals surface area contributed by atoms with Crippen LogP contribution in [0.3, 0.4) is 0 Å². The predicted molar refractivity (Wildman–Crippen MR) is 380 cm³/mol. The molecule has 17 aromatic rings. The molecule has 0 fully saturated rings. The molecule has 4 heterocycles. The number of aromatic nitrogens is 8. The van der Waals surface area contributed by atoms with Gasteiger partial charge < -0.3 is 9.13 Å². The summed E-state index contributed by atoms with van der Waals surface area (Å²) in [7, 11) is 0. The Morgan fingerprint density at radius 1 is 0.181 bits per heavy atom.